The van der Waals surface area contributed by atoms with E-state index in [1.807, 2.05) is 30.0 Å². The Bertz CT molecular complexity index is 767. The number of benzene rings is 2. The predicted molar refractivity (Wildman–Crippen MR) is 115 cm³/mol. The number of amides is 1. The van der Waals surface area contributed by atoms with Gasteiger partial charge in [0.2, 0.25) is 5.91 Å². The van der Waals surface area contributed by atoms with Crippen LogP contribution < -0.4 is 5.32 Å². The second kappa shape index (κ2) is 9.90. The number of thioether (sulfide) groups is 2. The van der Waals surface area contributed by atoms with Crippen LogP contribution in [0.25, 0.3) is 0 Å². The van der Waals surface area contributed by atoms with Crippen molar-refractivity contribution in [1.82, 2.24) is 4.90 Å². The molecule has 1 heterocycles. The van der Waals surface area contributed by atoms with E-state index in [2.05, 4.69) is 16.3 Å². The van der Waals surface area contributed by atoms with Gasteiger partial charge in [-0.1, -0.05) is 41.4 Å². The molecule has 2 aromatic carbocycles. The summed E-state index contributed by atoms with van der Waals surface area (Å²) in [6.45, 7) is 3.05. The first-order chi connectivity index (χ1) is 12.6. The smallest absolute Gasteiger partial charge is 0.234 e. The normalized spacial score (nSPS) is 15.0. The van der Waals surface area contributed by atoms with E-state index < -0.39 is 0 Å². The molecule has 1 aliphatic rings. The van der Waals surface area contributed by atoms with Gasteiger partial charge in [0.05, 0.1) is 10.8 Å². The van der Waals surface area contributed by atoms with Crippen LogP contribution in [0.15, 0.2) is 47.4 Å². The van der Waals surface area contributed by atoms with Crippen molar-refractivity contribution in [2.45, 2.75) is 11.4 Å². The van der Waals surface area contributed by atoms with E-state index in [0.29, 0.717) is 10.0 Å². The Hall–Kier alpha value is -0.850. The van der Waals surface area contributed by atoms with Gasteiger partial charge in [-0.05, 0) is 29.8 Å². The van der Waals surface area contributed by atoms with Gasteiger partial charge in [-0.25, -0.2) is 0 Å². The highest BCUT2D eigenvalue weighted by atomic mass is 35.5. The molecule has 0 atom stereocenters. The average Bonchev–Trinajstić information content (AvgIpc) is 2.65. The Morgan fingerprint density at radius 2 is 1.92 bits per heavy atom. The zero-order valence-electron chi connectivity index (χ0n) is 14.2. The third-order valence-corrected chi connectivity index (χ3v) is 6.72. The lowest BCUT2D eigenvalue weighted by Gasteiger charge is -2.27. The number of halogens is 2. The lowest BCUT2D eigenvalue weighted by Crippen LogP contribution is -2.32. The minimum Gasteiger partial charge on any atom is -0.325 e. The number of rotatable bonds is 6. The molecule has 1 amide bonds. The molecule has 0 spiro atoms. The Kier molecular flexibility index (Phi) is 7.58. The molecule has 3 rings (SSSR count). The van der Waals surface area contributed by atoms with Crippen LogP contribution in [0.4, 0.5) is 5.69 Å². The Balaban J connectivity index is 1.59. The Morgan fingerprint density at radius 3 is 2.73 bits per heavy atom. The van der Waals surface area contributed by atoms with Crippen molar-refractivity contribution in [3.8, 4) is 0 Å². The first-order valence-electron chi connectivity index (χ1n) is 8.37. The molecule has 7 heteroatoms. The first kappa shape index (κ1) is 19.9. The molecule has 2 aromatic rings. The van der Waals surface area contributed by atoms with Gasteiger partial charge in [0.1, 0.15) is 0 Å². The molecule has 138 valence electrons. The lowest BCUT2D eigenvalue weighted by atomic mass is 10.1. The summed E-state index contributed by atoms with van der Waals surface area (Å²) in [5, 5.41) is 4.26. The molecular weight excluding hydrogens is 407 g/mol. The minimum atomic E-state index is -0.0484. The van der Waals surface area contributed by atoms with Gasteiger partial charge in [0.15, 0.2) is 0 Å². The van der Waals surface area contributed by atoms with Gasteiger partial charge >= 0.3 is 0 Å². The molecule has 0 saturated carbocycles. The van der Waals surface area contributed by atoms with Crippen molar-refractivity contribution in [1.29, 1.82) is 0 Å². The van der Waals surface area contributed by atoms with Crippen LogP contribution in [-0.4, -0.2) is 41.2 Å². The van der Waals surface area contributed by atoms with Crippen LogP contribution in [-0.2, 0) is 11.3 Å². The number of carbonyl (C=O) groups is 1. The van der Waals surface area contributed by atoms with Crippen LogP contribution >= 0.6 is 46.7 Å². The van der Waals surface area contributed by atoms with Crippen molar-refractivity contribution in [2.75, 3.05) is 35.7 Å². The summed E-state index contributed by atoms with van der Waals surface area (Å²) in [5.41, 5.74) is 2.03. The van der Waals surface area contributed by atoms with Crippen molar-refractivity contribution >= 4 is 58.3 Å². The fraction of sp³-hybridized carbons (Fsp3) is 0.316. The first-order valence-corrected chi connectivity index (χ1v) is 11.3. The summed E-state index contributed by atoms with van der Waals surface area (Å²) < 4.78 is 0. The molecule has 1 aliphatic heterocycles. The van der Waals surface area contributed by atoms with Gasteiger partial charge in [-0.2, -0.15) is 11.8 Å². The van der Waals surface area contributed by atoms with Gasteiger partial charge < -0.3 is 5.32 Å². The highest BCUT2D eigenvalue weighted by Crippen LogP contribution is 2.30. The molecule has 26 heavy (non-hydrogen) atoms. The Labute approximate surface area is 172 Å². The molecule has 0 unspecified atom stereocenters. The summed E-state index contributed by atoms with van der Waals surface area (Å²) in [7, 11) is 0. The molecule has 1 N–H and O–H groups in total. The van der Waals surface area contributed by atoms with Crippen LogP contribution in [0.3, 0.4) is 0 Å². The Morgan fingerprint density at radius 1 is 1.15 bits per heavy atom. The standard InChI is InChI=1S/C19H20Cl2N2OS2/c20-15-5-6-16(21)18(11-15)26-13-19(24)22-17-4-2-1-3-14(17)12-23-7-9-25-10-8-23/h1-6,11H,7-10,12-13H2,(H,22,24). The number of hydrogen-bond donors (Lipinski definition) is 1. The number of nitrogens with zero attached hydrogens (tertiary/aromatic N) is 1. The van der Waals surface area contributed by atoms with Crippen molar-refractivity contribution in [2.24, 2.45) is 0 Å². The second-order valence-electron chi connectivity index (χ2n) is 5.96. The summed E-state index contributed by atoms with van der Waals surface area (Å²) in [5.74, 6) is 2.58. The van der Waals surface area contributed by atoms with E-state index in [4.69, 9.17) is 23.2 Å². The fourth-order valence-electron chi connectivity index (χ4n) is 2.70. The average molecular weight is 427 g/mol. The maximum atomic E-state index is 12.4. The van der Waals surface area contributed by atoms with E-state index >= 15 is 0 Å². The molecule has 3 nitrogen and oxygen atoms in total. The number of carbonyl (C=O) groups excluding carboxylic acids is 1. The third-order valence-electron chi connectivity index (χ3n) is 4.04. The number of nitrogens with one attached hydrogen (secondary N) is 1. The topological polar surface area (TPSA) is 32.3 Å². The molecular formula is C19H20Cl2N2OS2. The monoisotopic (exact) mass is 426 g/mol. The van der Waals surface area contributed by atoms with Gasteiger partial charge in [-0.3, -0.25) is 9.69 Å². The fourth-order valence-corrected chi connectivity index (χ4v) is 4.97. The van der Waals surface area contributed by atoms with E-state index in [1.165, 1.54) is 23.3 Å². The number of para-hydroxylation sites is 1. The van der Waals surface area contributed by atoms with Crippen molar-refractivity contribution in [3.05, 3.63) is 58.1 Å². The number of hydrogen-bond acceptors (Lipinski definition) is 4. The molecule has 0 bridgehead atoms. The summed E-state index contributed by atoms with van der Waals surface area (Å²) in [6.07, 6.45) is 0. The molecule has 0 aromatic heterocycles. The van der Waals surface area contributed by atoms with Gasteiger partial charge in [0, 0.05) is 46.7 Å². The maximum Gasteiger partial charge on any atom is 0.234 e. The van der Waals surface area contributed by atoms with E-state index in [-0.39, 0.29) is 11.7 Å². The lowest BCUT2D eigenvalue weighted by molar-refractivity contribution is -0.113. The zero-order chi connectivity index (χ0) is 18.4. The van der Waals surface area contributed by atoms with E-state index in [1.54, 1.807) is 18.2 Å². The van der Waals surface area contributed by atoms with Crippen LogP contribution in [0, 0.1) is 0 Å². The van der Waals surface area contributed by atoms with Crippen LogP contribution in [0.2, 0.25) is 10.0 Å². The molecule has 0 aliphatic carbocycles. The van der Waals surface area contributed by atoms with Gasteiger partial charge in [0.25, 0.3) is 0 Å². The van der Waals surface area contributed by atoms with Crippen molar-refractivity contribution in [3.63, 3.8) is 0 Å². The molecule has 0 radical (unpaired) electrons. The summed E-state index contributed by atoms with van der Waals surface area (Å²) in [4.78, 5) is 15.6. The zero-order valence-corrected chi connectivity index (χ0v) is 17.4. The largest absolute Gasteiger partial charge is 0.325 e. The predicted octanol–water partition coefficient (Wildman–Crippen LogP) is 5.27. The SMILES string of the molecule is O=C(CSc1cc(Cl)ccc1Cl)Nc1ccccc1CN1CCSCC1. The molecule has 1 fully saturated rings. The number of anilines is 1. The van der Waals surface area contributed by atoms with Crippen molar-refractivity contribution < 1.29 is 4.79 Å². The molecule has 1 saturated heterocycles. The third kappa shape index (κ3) is 5.83. The second-order valence-corrected chi connectivity index (χ2v) is 9.04. The van der Waals surface area contributed by atoms with Crippen LogP contribution in [0.5, 0.6) is 0 Å². The highest BCUT2D eigenvalue weighted by Gasteiger charge is 2.14. The maximum absolute atomic E-state index is 12.4. The van der Waals surface area contributed by atoms with Gasteiger partial charge in [-0.15, -0.1) is 11.8 Å². The van der Waals surface area contributed by atoms with E-state index in [0.717, 1.165) is 35.8 Å². The highest BCUT2D eigenvalue weighted by molar-refractivity contribution is 8.00. The van der Waals surface area contributed by atoms with Crippen LogP contribution in [0.1, 0.15) is 5.56 Å². The summed E-state index contributed by atoms with van der Waals surface area (Å²) in [6, 6.07) is 13.3. The summed E-state index contributed by atoms with van der Waals surface area (Å²) >= 11 is 15.5. The minimum absolute atomic E-state index is 0.0484. The quantitative estimate of drug-likeness (QED) is 0.637. The van der Waals surface area contributed by atoms with E-state index in [9.17, 15) is 4.79 Å².